The van der Waals surface area contributed by atoms with Gasteiger partial charge in [-0.1, -0.05) is 18.5 Å². The van der Waals surface area contributed by atoms with Gasteiger partial charge in [0.1, 0.15) is 0 Å². The van der Waals surface area contributed by atoms with Crippen molar-refractivity contribution < 1.29 is 19.0 Å². The Hall–Kier alpha value is -1.46. The molecule has 0 bridgehead atoms. The summed E-state index contributed by atoms with van der Waals surface area (Å²) < 4.78 is 15.4. The SMILES string of the molecule is CCNCc1cc(Cl)c(OCC(=O)OCC)c(OC)c1. The average molecular weight is 302 g/mol. The number of esters is 1. The molecule has 0 aliphatic rings. The second-order valence-corrected chi connectivity index (χ2v) is 4.39. The van der Waals surface area contributed by atoms with E-state index in [0.29, 0.717) is 29.7 Å². The number of hydrogen-bond donors (Lipinski definition) is 1. The van der Waals surface area contributed by atoms with Crippen molar-refractivity contribution in [3.63, 3.8) is 0 Å². The van der Waals surface area contributed by atoms with Crippen LogP contribution in [0.25, 0.3) is 0 Å². The Morgan fingerprint density at radius 3 is 2.70 bits per heavy atom. The van der Waals surface area contributed by atoms with Crippen LogP contribution in [0.1, 0.15) is 19.4 Å². The molecule has 0 unspecified atom stereocenters. The average Bonchev–Trinajstić information content (AvgIpc) is 2.43. The first-order valence-corrected chi connectivity index (χ1v) is 6.85. The van der Waals surface area contributed by atoms with Crippen molar-refractivity contribution in [2.75, 3.05) is 26.9 Å². The molecule has 1 aromatic rings. The maximum Gasteiger partial charge on any atom is 0.344 e. The highest BCUT2D eigenvalue weighted by Gasteiger charge is 2.14. The molecule has 0 fully saturated rings. The number of benzene rings is 1. The van der Waals surface area contributed by atoms with E-state index in [1.165, 1.54) is 7.11 Å². The summed E-state index contributed by atoms with van der Waals surface area (Å²) in [5.74, 6) is 0.402. The van der Waals surface area contributed by atoms with E-state index in [1.807, 2.05) is 13.0 Å². The van der Waals surface area contributed by atoms with Gasteiger partial charge in [0.2, 0.25) is 0 Å². The minimum Gasteiger partial charge on any atom is -0.493 e. The van der Waals surface area contributed by atoms with Crippen molar-refractivity contribution in [2.24, 2.45) is 0 Å². The summed E-state index contributed by atoms with van der Waals surface area (Å²) in [4.78, 5) is 11.3. The smallest absolute Gasteiger partial charge is 0.344 e. The molecule has 0 aliphatic heterocycles. The second-order valence-electron chi connectivity index (χ2n) is 3.98. The molecule has 5 nitrogen and oxygen atoms in total. The van der Waals surface area contributed by atoms with Gasteiger partial charge >= 0.3 is 5.97 Å². The predicted octanol–water partition coefficient (Wildman–Crippen LogP) is 2.40. The van der Waals surface area contributed by atoms with Gasteiger partial charge in [0.05, 0.1) is 18.7 Å². The van der Waals surface area contributed by atoms with E-state index in [4.69, 9.17) is 25.8 Å². The predicted molar refractivity (Wildman–Crippen MR) is 77.5 cm³/mol. The summed E-state index contributed by atoms with van der Waals surface area (Å²) in [6, 6.07) is 3.61. The van der Waals surface area contributed by atoms with Gasteiger partial charge < -0.3 is 19.5 Å². The fourth-order valence-corrected chi connectivity index (χ4v) is 1.91. The highest BCUT2D eigenvalue weighted by atomic mass is 35.5. The minimum atomic E-state index is -0.442. The van der Waals surface area contributed by atoms with Crippen molar-refractivity contribution in [3.05, 3.63) is 22.7 Å². The molecular weight excluding hydrogens is 282 g/mol. The second kappa shape index (κ2) is 8.66. The Kier molecular flexibility index (Phi) is 7.18. The summed E-state index contributed by atoms with van der Waals surface area (Å²) >= 11 is 6.17. The summed E-state index contributed by atoms with van der Waals surface area (Å²) in [6.07, 6.45) is 0. The third-order valence-electron chi connectivity index (χ3n) is 2.51. The number of ether oxygens (including phenoxy) is 3. The molecule has 20 heavy (non-hydrogen) atoms. The molecule has 0 radical (unpaired) electrons. The number of methoxy groups -OCH3 is 1. The standard InChI is InChI=1S/C14H20ClNO4/c1-4-16-8-10-6-11(15)14(12(7-10)18-3)20-9-13(17)19-5-2/h6-7,16H,4-5,8-9H2,1-3H3. The van der Waals surface area contributed by atoms with E-state index in [0.717, 1.165) is 12.1 Å². The molecule has 0 atom stereocenters. The number of nitrogens with one attached hydrogen (secondary N) is 1. The zero-order valence-electron chi connectivity index (χ0n) is 12.0. The van der Waals surface area contributed by atoms with Gasteiger partial charge in [-0.25, -0.2) is 4.79 Å². The van der Waals surface area contributed by atoms with Crippen LogP contribution in [0, 0.1) is 0 Å². The largest absolute Gasteiger partial charge is 0.493 e. The molecule has 1 N–H and O–H groups in total. The zero-order valence-corrected chi connectivity index (χ0v) is 12.8. The Labute approximate surface area is 124 Å². The van der Waals surface area contributed by atoms with Crippen LogP contribution < -0.4 is 14.8 Å². The zero-order chi connectivity index (χ0) is 15.0. The van der Waals surface area contributed by atoms with E-state index in [2.05, 4.69) is 5.32 Å². The molecule has 0 aromatic heterocycles. The normalized spacial score (nSPS) is 10.2. The third-order valence-corrected chi connectivity index (χ3v) is 2.79. The van der Waals surface area contributed by atoms with E-state index in [-0.39, 0.29) is 6.61 Å². The monoisotopic (exact) mass is 301 g/mol. The number of halogens is 1. The van der Waals surface area contributed by atoms with Crippen molar-refractivity contribution in [3.8, 4) is 11.5 Å². The molecule has 1 rings (SSSR count). The third kappa shape index (κ3) is 4.90. The summed E-state index contributed by atoms with van der Waals surface area (Å²) in [7, 11) is 1.53. The molecule has 0 amide bonds. The number of rotatable bonds is 8. The first kappa shape index (κ1) is 16.6. The van der Waals surface area contributed by atoms with Gasteiger partial charge in [-0.3, -0.25) is 0 Å². The van der Waals surface area contributed by atoms with Crippen LogP contribution in [0.2, 0.25) is 5.02 Å². The maximum absolute atomic E-state index is 11.3. The van der Waals surface area contributed by atoms with Crippen LogP contribution in [-0.4, -0.2) is 32.8 Å². The first-order valence-electron chi connectivity index (χ1n) is 6.47. The van der Waals surface area contributed by atoms with E-state index in [1.54, 1.807) is 13.0 Å². The lowest BCUT2D eigenvalue weighted by Crippen LogP contribution is -2.15. The van der Waals surface area contributed by atoms with Crippen LogP contribution in [0.5, 0.6) is 11.5 Å². The van der Waals surface area contributed by atoms with Gasteiger partial charge in [0.25, 0.3) is 0 Å². The lowest BCUT2D eigenvalue weighted by atomic mass is 10.2. The van der Waals surface area contributed by atoms with Gasteiger partial charge in [-0.15, -0.1) is 0 Å². The van der Waals surface area contributed by atoms with Gasteiger partial charge in [0.15, 0.2) is 18.1 Å². The van der Waals surface area contributed by atoms with E-state index >= 15 is 0 Å². The highest BCUT2D eigenvalue weighted by molar-refractivity contribution is 6.32. The van der Waals surface area contributed by atoms with Crippen LogP contribution in [0.3, 0.4) is 0 Å². The Morgan fingerprint density at radius 1 is 1.35 bits per heavy atom. The molecule has 0 spiro atoms. The lowest BCUT2D eigenvalue weighted by molar-refractivity contribution is -0.145. The first-order chi connectivity index (χ1) is 9.62. The number of hydrogen-bond acceptors (Lipinski definition) is 5. The summed E-state index contributed by atoms with van der Waals surface area (Å²) in [5.41, 5.74) is 0.984. The van der Waals surface area contributed by atoms with Gasteiger partial charge in [0, 0.05) is 6.54 Å². The van der Waals surface area contributed by atoms with Crippen LogP contribution in [0.15, 0.2) is 12.1 Å². The van der Waals surface area contributed by atoms with Crippen LogP contribution in [-0.2, 0) is 16.1 Å². The molecular formula is C14H20ClNO4. The van der Waals surface area contributed by atoms with Crippen LogP contribution >= 0.6 is 11.6 Å². The fourth-order valence-electron chi connectivity index (χ4n) is 1.62. The summed E-state index contributed by atoms with van der Waals surface area (Å²) in [6.45, 7) is 5.42. The number of carbonyl (C=O) groups excluding carboxylic acids is 1. The Morgan fingerprint density at radius 2 is 2.10 bits per heavy atom. The Bertz CT molecular complexity index is 451. The lowest BCUT2D eigenvalue weighted by Gasteiger charge is -2.14. The van der Waals surface area contributed by atoms with Gasteiger partial charge in [-0.2, -0.15) is 0 Å². The molecule has 0 aliphatic carbocycles. The summed E-state index contributed by atoms with van der Waals surface area (Å²) in [5, 5.41) is 3.60. The van der Waals surface area contributed by atoms with E-state index < -0.39 is 5.97 Å². The quantitative estimate of drug-likeness (QED) is 0.747. The molecule has 0 saturated heterocycles. The van der Waals surface area contributed by atoms with E-state index in [9.17, 15) is 4.79 Å². The number of carbonyl (C=O) groups is 1. The fraction of sp³-hybridized carbons (Fsp3) is 0.500. The maximum atomic E-state index is 11.3. The van der Waals surface area contributed by atoms with Gasteiger partial charge in [-0.05, 0) is 31.2 Å². The Balaban J connectivity index is 2.81. The minimum absolute atomic E-state index is 0.198. The molecule has 112 valence electrons. The van der Waals surface area contributed by atoms with Crippen LogP contribution in [0.4, 0.5) is 0 Å². The van der Waals surface area contributed by atoms with Crippen molar-refractivity contribution in [2.45, 2.75) is 20.4 Å². The molecule has 6 heteroatoms. The van der Waals surface area contributed by atoms with Crippen molar-refractivity contribution >= 4 is 17.6 Å². The van der Waals surface area contributed by atoms with Crippen molar-refractivity contribution in [1.29, 1.82) is 0 Å². The molecule has 0 saturated carbocycles. The topological polar surface area (TPSA) is 56.8 Å². The molecule has 0 heterocycles. The van der Waals surface area contributed by atoms with Crippen molar-refractivity contribution in [1.82, 2.24) is 5.32 Å². The highest BCUT2D eigenvalue weighted by Crippen LogP contribution is 2.36. The molecule has 1 aromatic carbocycles.